The molecule has 8 nitrogen and oxygen atoms in total. The minimum absolute atomic E-state index is 0.0889. The maximum atomic E-state index is 11.7. The number of phenols is 1. The van der Waals surface area contributed by atoms with Gasteiger partial charge in [-0.2, -0.15) is 0 Å². The highest BCUT2D eigenvalue weighted by atomic mass is 16.7. The van der Waals surface area contributed by atoms with Crippen molar-refractivity contribution in [3.63, 3.8) is 0 Å². The van der Waals surface area contributed by atoms with Gasteiger partial charge in [-0.05, 0) is 23.8 Å². The van der Waals surface area contributed by atoms with Crippen LogP contribution in [0.5, 0.6) is 5.75 Å². The van der Waals surface area contributed by atoms with Gasteiger partial charge in [0.25, 0.3) is 0 Å². The quantitative estimate of drug-likeness (QED) is 0.342. The van der Waals surface area contributed by atoms with Crippen LogP contribution < -0.4 is 0 Å². The van der Waals surface area contributed by atoms with Crippen LogP contribution in [-0.2, 0) is 14.3 Å². The monoisotopic (exact) mass is 326 g/mol. The third kappa shape index (κ3) is 4.27. The SMILES string of the molecule is O=C(/C=C\c1ccc(O)cc1)OC1O[C@H](CO)[C@@H](O)[C@H](O)[C@H]1O. The van der Waals surface area contributed by atoms with E-state index in [9.17, 15) is 20.1 Å². The van der Waals surface area contributed by atoms with Crippen LogP contribution >= 0.6 is 0 Å². The number of aliphatic hydroxyl groups is 4. The second kappa shape index (κ2) is 7.53. The summed E-state index contributed by atoms with van der Waals surface area (Å²) < 4.78 is 9.92. The number of hydrogen-bond acceptors (Lipinski definition) is 8. The fourth-order valence-electron chi connectivity index (χ4n) is 2.07. The smallest absolute Gasteiger partial charge is 0.333 e. The predicted molar refractivity (Wildman–Crippen MR) is 77.0 cm³/mol. The maximum Gasteiger partial charge on any atom is 0.333 e. The van der Waals surface area contributed by atoms with E-state index in [4.69, 9.17) is 19.7 Å². The first-order valence-electron chi connectivity index (χ1n) is 6.90. The number of rotatable bonds is 4. The molecule has 0 bridgehead atoms. The van der Waals surface area contributed by atoms with Gasteiger partial charge in [-0.3, -0.25) is 0 Å². The summed E-state index contributed by atoms with van der Waals surface area (Å²) in [6, 6.07) is 6.05. The molecule has 0 aromatic heterocycles. The summed E-state index contributed by atoms with van der Waals surface area (Å²) in [6.07, 6.45) is -4.93. The molecule has 5 N–H and O–H groups in total. The van der Waals surface area contributed by atoms with Gasteiger partial charge in [-0.25, -0.2) is 4.79 Å². The van der Waals surface area contributed by atoms with Crippen molar-refractivity contribution in [2.45, 2.75) is 30.7 Å². The van der Waals surface area contributed by atoms with Gasteiger partial charge in [0.15, 0.2) is 0 Å². The lowest BCUT2D eigenvalue weighted by Crippen LogP contribution is -2.59. The number of aromatic hydroxyl groups is 1. The Morgan fingerprint density at radius 3 is 2.39 bits per heavy atom. The number of esters is 1. The molecule has 1 saturated heterocycles. The molecule has 1 unspecified atom stereocenters. The topological polar surface area (TPSA) is 137 Å². The normalized spacial score (nSPS) is 31.2. The molecule has 23 heavy (non-hydrogen) atoms. The van der Waals surface area contributed by atoms with Crippen molar-refractivity contribution in [1.82, 2.24) is 0 Å². The lowest BCUT2D eigenvalue weighted by Gasteiger charge is -2.38. The molecule has 1 fully saturated rings. The molecule has 8 heteroatoms. The molecule has 1 aromatic carbocycles. The van der Waals surface area contributed by atoms with Gasteiger partial charge in [-0.15, -0.1) is 0 Å². The van der Waals surface area contributed by atoms with E-state index in [1.807, 2.05) is 0 Å². The Kier molecular flexibility index (Phi) is 5.69. The molecule has 0 aliphatic carbocycles. The van der Waals surface area contributed by atoms with Crippen molar-refractivity contribution < 1.29 is 39.8 Å². The van der Waals surface area contributed by atoms with Crippen LogP contribution in [0.1, 0.15) is 5.56 Å². The standard InChI is InChI=1S/C15H18O8/c16-7-10-12(19)13(20)14(21)15(22-10)23-11(18)6-3-8-1-4-9(17)5-2-8/h1-6,10,12-17,19-21H,7H2/b6-3-/t10-,12-,13+,14-,15?/m1/s1. The molecule has 1 aromatic rings. The summed E-state index contributed by atoms with van der Waals surface area (Å²) in [7, 11) is 0. The fraction of sp³-hybridized carbons (Fsp3) is 0.400. The Hall–Kier alpha value is -1.97. The van der Waals surface area contributed by atoms with E-state index in [-0.39, 0.29) is 5.75 Å². The highest BCUT2D eigenvalue weighted by molar-refractivity contribution is 5.87. The van der Waals surface area contributed by atoms with E-state index in [1.165, 1.54) is 18.2 Å². The summed E-state index contributed by atoms with van der Waals surface area (Å²) in [5.41, 5.74) is 0.633. The third-order valence-corrected chi connectivity index (χ3v) is 3.39. The van der Waals surface area contributed by atoms with Crippen LogP contribution in [-0.4, -0.2) is 68.8 Å². The summed E-state index contributed by atoms with van der Waals surface area (Å²) in [5.74, 6) is -0.756. The Balaban J connectivity index is 1.97. The minimum atomic E-state index is -1.64. The zero-order valence-electron chi connectivity index (χ0n) is 12.0. The van der Waals surface area contributed by atoms with Crippen LogP contribution in [0.25, 0.3) is 6.08 Å². The van der Waals surface area contributed by atoms with Crippen molar-refractivity contribution >= 4 is 12.0 Å². The van der Waals surface area contributed by atoms with Crippen LogP contribution in [0.15, 0.2) is 30.3 Å². The van der Waals surface area contributed by atoms with E-state index >= 15 is 0 Å². The number of aliphatic hydroxyl groups excluding tert-OH is 4. The largest absolute Gasteiger partial charge is 0.508 e. The van der Waals surface area contributed by atoms with Crippen LogP contribution in [0.4, 0.5) is 0 Å². The molecule has 0 saturated carbocycles. The van der Waals surface area contributed by atoms with Crippen LogP contribution in [0, 0.1) is 0 Å². The second-order valence-electron chi connectivity index (χ2n) is 5.06. The number of benzene rings is 1. The Bertz CT molecular complexity index is 553. The fourth-order valence-corrected chi connectivity index (χ4v) is 2.07. The van der Waals surface area contributed by atoms with Crippen molar-refractivity contribution in [2.24, 2.45) is 0 Å². The van der Waals surface area contributed by atoms with Crippen molar-refractivity contribution in [2.75, 3.05) is 6.61 Å². The zero-order chi connectivity index (χ0) is 17.0. The van der Waals surface area contributed by atoms with Gasteiger partial charge in [0.2, 0.25) is 6.29 Å². The average Bonchev–Trinajstić information content (AvgIpc) is 2.55. The van der Waals surface area contributed by atoms with Gasteiger partial charge in [-0.1, -0.05) is 12.1 Å². The first-order chi connectivity index (χ1) is 10.9. The Morgan fingerprint density at radius 2 is 1.78 bits per heavy atom. The molecule has 126 valence electrons. The molecule has 2 rings (SSSR count). The molecule has 1 aliphatic rings. The van der Waals surface area contributed by atoms with Crippen LogP contribution in [0.2, 0.25) is 0 Å². The lowest BCUT2D eigenvalue weighted by atomic mass is 9.99. The summed E-state index contributed by atoms with van der Waals surface area (Å²) in [6.45, 7) is -0.609. The molecule has 0 spiro atoms. The van der Waals surface area contributed by atoms with E-state index in [1.54, 1.807) is 12.1 Å². The number of phenolic OH excluding ortho intramolecular Hbond substituents is 1. The van der Waals surface area contributed by atoms with E-state index in [2.05, 4.69) is 0 Å². The third-order valence-electron chi connectivity index (χ3n) is 3.39. The van der Waals surface area contributed by atoms with Gasteiger partial charge in [0.05, 0.1) is 6.61 Å². The first-order valence-corrected chi connectivity index (χ1v) is 6.90. The number of hydrogen-bond donors (Lipinski definition) is 5. The van der Waals surface area contributed by atoms with E-state index < -0.39 is 43.3 Å². The van der Waals surface area contributed by atoms with E-state index in [0.29, 0.717) is 5.56 Å². The Morgan fingerprint density at radius 1 is 1.13 bits per heavy atom. The minimum Gasteiger partial charge on any atom is -0.508 e. The highest BCUT2D eigenvalue weighted by Gasteiger charge is 2.45. The number of carbonyl (C=O) groups excluding carboxylic acids is 1. The molecular formula is C15H18O8. The molecule has 5 atom stereocenters. The van der Waals surface area contributed by atoms with Crippen molar-refractivity contribution in [1.29, 1.82) is 0 Å². The van der Waals surface area contributed by atoms with Gasteiger partial charge < -0.3 is 35.0 Å². The molecular weight excluding hydrogens is 308 g/mol. The summed E-state index contributed by atoms with van der Waals surface area (Å²) >= 11 is 0. The number of ether oxygens (including phenoxy) is 2. The van der Waals surface area contributed by atoms with E-state index in [0.717, 1.165) is 6.08 Å². The van der Waals surface area contributed by atoms with Gasteiger partial charge in [0.1, 0.15) is 30.2 Å². The molecule has 1 heterocycles. The van der Waals surface area contributed by atoms with Crippen LogP contribution in [0.3, 0.4) is 0 Å². The first kappa shape index (κ1) is 17.4. The zero-order valence-corrected chi connectivity index (χ0v) is 12.0. The average molecular weight is 326 g/mol. The highest BCUT2D eigenvalue weighted by Crippen LogP contribution is 2.22. The second-order valence-corrected chi connectivity index (χ2v) is 5.06. The van der Waals surface area contributed by atoms with Crippen molar-refractivity contribution in [3.05, 3.63) is 35.9 Å². The Labute approximate surface area is 131 Å². The molecule has 1 aliphatic heterocycles. The maximum absolute atomic E-state index is 11.7. The summed E-state index contributed by atoms with van der Waals surface area (Å²) in [5, 5.41) is 47.1. The molecule has 0 amide bonds. The summed E-state index contributed by atoms with van der Waals surface area (Å²) in [4.78, 5) is 11.7. The van der Waals surface area contributed by atoms with Gasteiger partial charge >= 0.3 is 5.97 Å². The lowest BCUT2D eigenvalue weighted by molar-refractivity contribution is -0.291. The predicted octanol–water partition coefficient (Wildman–Crippen LogP) is -1.25. The van der Waals surface area contributed by atoms with Crippen molar-refractivity contribution in [3.8, 4) is 5.75 Å². The van der Waals surface area contributed by atoms with Gasteiger partial charge in [0, 0.05) is 6.08 Å². The molecule has 0 radical (unpaired) electrons. The number of carbonyl (C=O) groups is 1.